The van der Waals surface area contributed by atoms with Crippen molar-refractivity contribution in [2.45, 2.75) is 9.92 Å². The van der Waals surface area contributed by atoms with Gasteiger partial charge < -0.3 is 15.8 Å². The van der Waals surface area contributed by atoms with Crippen molar-refractivity contribution < 1.29 is 4.74 Å². The first-order chi connectivity index (χ1) is 11.7. The zero-order chi connectivity index (χ0) is 16.9. The van der Waals surface area contributed by atoms with Crippen LogP contribution >= 0.6 is 23.4 Å². The average molecular weight is 359 g/mol. The number of nitrogens with two attached hydrogens (primary N) is 1. The van der Waals surface area contributed by atoms with Crippen molar-refractivity contribution in [1.29, 1.82) is 0 Å². The summed E-state index contributed by atoms with van der Waals surface area (Å²) in [5.74, 6) is 1.30. The molecule has 0 fully saturated rings. The molecule has 0 aliphatic rings. The summed E-state index contributed by atoms with van der Waals surface area (Å²) in [4.78, 5) is 9.48. The summed E-state index contributed by atoms with van der Waals surface area (Å²) in [5.41, 5.74) is 7.54. The Labute approximate surface area is 149 Å². The number of benzene rings is 2. The maximum Gasteiger partial charge on any atom is 0.158 e. The maximum atomic E-state index is 6.21. The number of anilines is 3. The molecule has 0 atom stereocenters. The number of methoxy groups -OCH3 is 1. The van der Waals surface area contributed by atoms with E-state index in [2.05, 4.69) is 15.3 Å². The molecule has 0 amide bonds. The molecule has 3 N–H and O–H groups in total. The largest absolute Gasteiger partial charge is 0.497 e. The van der Waals surface area contributed by atoms with E-state index in [0.717, 1.165) is 16.3 Å². The second-order valence-corrected chi connectivity index (χ2v) is 6.35. The van der Waals surface area contributed by atoms with Gasteiger partial charge in [-0.2, -0.15) is 0 Å². The van der Waals surface area contributed by atoms with Crippen LogP contribution < -0.4 is 15.8 Å². The van der Waals surface area contributed by atoms with Gasteiger partial charge in [0.2, 0.25) is 0 Å². The Morgan fingerprint density at radius 1 is 1.12 bits per heavy atom. The van der Waals surface area contributed by atoms with Gasteiger partial charge in [-0.05, 0) is 36.4 Å². The minimum Gasteiger partial charge on any atom is -0.497 e. The number of hydrogen-bond donors (Lipinski definition) is 2. The third kappa shape index (κ3) is 3.90. The molecule has 0 aliphatic heterocycles. The second kappa shape index (κ2) is 7.42. The summed E-state index contributed by atoms with van der Waals surface area (Å²) >= 11 is 7.36. The SMILES string of the molecule is COc1cccc(Nc2ncnc(Sc3ccc(Cl)cc3)c2N)c1. The van der Waals surface area contributed by atoms with E-state index < -0.39 is 0 Å². The van der Waals surface area contributed by atoms with Crippen LogP contribution in [0.3, 0.4) is 0 Å². The zero-order valence-electron chi connectivity index (χ0n) is 12.9. The van der Waals surface area contributed by atoms with Gasteiger partial charge >= 0.3 is 0 Å². The monoisotopic (exact) mass is 358 g/mol. The van der Waals surface area contributed by atoms with Crippen LogP contribution in [0.2, 0.25) is 5.02 Å². The number of ether oxygens (including phenoxy) is 1. The highest BCUT2D eigenvalue weighted by atomic mass is 35.5. The zero-order valence-corrected chi connectivity index (χ0v) is 14.4. The molecule has 5 nitrogen and oxygen atoms in total. The summed E-state index contributed by atoms with van der Waals surface area (Å²) in [6.07, 6.45) is 1.48. The highest BCUT2D eigenvalue weighted by Crippen LogP contribution is 2.34. The lowest BCUT2D eigenvalue weighted by molar-refractivity contribution is 0.415. The Bertz CT molecular complexity index is 842. The number of nitrogens with one attached hydrogen (secondary N) is 1. The van der Waals surface area contributed by atoms with Gasteiger partial charge in [-0.15, -0.1) is 0 Å². The lowest BCUT2D eigenvalue weighted by atomic mass is 10.3. The molecule has 1 aromatic heterocycles. The molecular weight excluding hydrogens is 344 g/mol. The Morgan fingerprint density at radius 3 is 2.67 bits per heavy atom. The molecule has 0 spiro atoms. The van der Waals surface area contributed by atoms with Crippen molar-refractivity contribution in [3.8, 4) is 5.75 Å². The minimum absolute atomic E-state index is 0.486. The molecule has 7 heteroatoms. The summed E-state index contributed by atoms with van der Waals surface area (Å²) in [7, 11) is 1.62. The maximum absolute atomic E-state index is 6.21. The number of nitrogens with zero attached hydrogens (tertiary/aromatic N) is 2. The minimum atomic E-state index is 0.486. The van der Waals surface area contributed by atoms with Gasteiger partial charge in [-0.1, -0.05) is 29.4 Å². The summed E-state index contributed by atoms with van der Waals surface area (Å²) in [6.45, 7) is 0. The Balaban J connectivity index is 1.83. The summed E-state index contributed by atoms with van der Waals surface area (Å²) < 4.78 is 5.22. The summed E-state index contributed by atoms with van der Waals surface area (Å²) in [5, 5.41) is 4.56. The smallest absolute Gasteiger partial charge is 0.158 e. The van der Waals surface area contributed by atoms with Crippen molar-refractivity contribution in [1.82, 2.24) is 9.97 Å². The Hall–Kier alpha value is -2.44. The van der Waals surface area contributed by atoms with Crippen LogP contribution in [0.5, 0.6) is 5.75 Å². The highest BCUT2D eigenvalue weighted by Gasteiger charge is 2.10. The molecule has 24 heavy (non-hydrogen) atoms. The van der Waals surface area contributed by atoms with E-state index in [4.69, 9.17) is 22.1 Å². The molecule has 0 saturated carbocycles. The Kier molecular flexibility index (Phi) is 5.08. The van der Waals surface area contributed by atoms with Crippen LogP contribution in [0.1, 0.15) is 0 Å². The van der Waals surface area contributed by atoms with Crippen LogP contribution in [0, 0.1) is 0 Å². The first kappa shape index (κ1) is 16.4. The number of nitrogen functional groups attached to an aromatic ring is 1. The van der Waals surface area contributed by atoms with Gasteiger partial charge in [-0.3, -0.25) is 0 Å². The predicted molar refractivity (Wildman–Crippen MR) is 98.3 cm³/mol. The highest BCUT2D eigenvalue weighted by molar-refractivity contribution is 7.99. The van der Waals surface area contributed by atoms with Gasteiger partial charge in [0.15, 0.2) is 5.82 Å². The predicted octanol–water partition coefficient (Wildman–Crippen LogP) is 4.62. The van der Waals surface area contributed by atoms with Crippen molar-refractivity contribution in [2.75, 3.05) is 18.2 Å². The molecule has 0 saturated heterocycles. The number of hydrogen-bond acceptors (Lipinski definition) is 6. The van der Waals surface area contributed by atoms with Crippen molar-refractivity contribution in [3.63, 3.8) is 0 Å². The van der Waals surface area contributed by atoms with E-state index in [-0.39, 0.29) is 0 Å². The van der Waals surface area contributed by atoms with Gasteiger partial charge in [0.1, 0.15) is 22.8 Å². The van der Waals surface area contributed by atoms with Crippen molar-refractivity contribution in [3.05, 3.63) is 59.9 Å². The number of halogens is 1. The molecule has 2 aromatic carbocycles. The van der Waals surface area contributed by atoms with Gasteiger partial charge in [0.05, 0.1) is 7.11 Å². The first-order valence-corrected chi connectivity index (χ1v) is 8.30. The fourth-order valence-corrected chi connectivity index (χ4v) is 2.94. The normalized spacial score (nSPS) is 10.4. The number of aromatic nitrogens is 2. The standard InChI is InChI=1S/C17H15ClN4OS/c1-23-13-4-2-3-12(9-13)22-16-15(19)17(21-10-20-16)24-14-7-5-11(18)6-8-14/h2-10H,19H2,1H3,(H,20,21,22). The topological polar surface area (TPSA) is 73.1 Å². The van der Waals surface area contributed by atoms with E-state index in [9.17, 15) is 0 Å². The molecule has 0 bridgehead atoms. The third-order valence-corrected chi connectivity index (χ3v) is 4.49. The number of rotatable bonds is 5. The van der Waals surface area contributed by atoms with Crippen LogP contribution in [0.4, 0.5) is 17.2 Å². The second-order valence-electron chi connectivity index (χ2n) is 4.85. The van der Waals surface area contributed by atoms with Gasteiger partial charge in [-0.25, -0.2) is 9.97 Å². The molecule has 0 aliphatic carbocycles. The van der Waals surface area contributed by atoms with E-state index in [1.165, 1.54) is 18.1 Å². The van der Waals surface area contributed by atoms with Crippen molar-refractivity contribution >= 4 is 40.6 Å². The molecule has 122 valence electrons. The quantitative estimate of drug-likeness (QED) is 0.648. The Morgan fingerprint density at radius 2 is 1.92 bits per heavy atom. The first-order valence-electron chi connectivity index (χ1n) is 7.10. The lowest BCUT2D eigenvalue weighted by Gasteiger charge is -2.11. The van der Waals surface area contributed by atoms with Gasteiger partial charge in [0.25, 0.3) is 0 Å². The molecular formula is C17H15ClN4OS. The van der Waals surface area contributed by atoms with E-state index in [0.29, 0.717) is 21.6 Å². The van der Waals surface area contributed by atoms with E-state index in [1.807, 2.05) is 48.5 Å². The summed E-state index contributed by atoms with van der Waals surface area (Å²) in [6, 6.07) is 15.0. The van der Waals surface area contributed by atoms with E-state index >= 15 is 0 Å². The third-order valence-electron chi connectivity index (χ3n) is 3.21. The molecule has 3 rings (SSSR count). The average Bonchev–Trinajstić information content (AvgIpc) is 2.60. The van der Waals surface area contributed by atoms with Crippen molar-refractivity contribution in [2.24, 2.45) is 0 Å². The van der Waals surface area contributed by atoms with Crippen LogP contribution in [0.15, 0.2) is 64.8 Å². The van der Waals surface area contributed by atoms with Crippen LogP contribution in [-0.2, 0) is 0 Å². The fourth-order valence-electron chi connectivity index (χ4n) is 2.01. The lowest BCUT2D eigenvalue weighted by Crippen LogP contribution is -2.02. The van der Waals surface area contributed by atoms with Crippen LogP contribution in [-0.4, -0.2) is 17.1 Å². The van der Waals surface area contributed by atoms with Gasteiger partial charge in [0, 0.05) is 21.7 Å². The van der Waals surface area contributed by atoms with E-state index in [1.54, 1.807) is 7.11 Å². The molecule has 1 heterocycles. The molecule has 0 radical (unpaired) electrons. The fraction of sp³-hybridized carbons (Fsp3) is 0.0588. The molecule has 3 aromatic rings. The van der Waals surface area contributed by atoms with Crippen LogP contribution in [0.25, 0.3) is 0 Å². The molecule has 0 unspecified atom stereocenters.